The maximum absolute atomic E-state index is 12.9. The molecule has 0 amide bonds. The monoisotopic (exact) mass is 243 g/mol. The van der Waals surface area contributed by atoms with Crippen LogP contribution in [0.4, 0.5) is 4.39 Å². The molecule has 1 atom stereocenters. The Kier molecular flexibility index (Phi) is 6.45. The van der Waals surface area contributed by atoms with Gasteiger partial charge in [-0.05, 0) is 31.2 Å². The molecule has 16 heavy (non-hydrogen) atoms. The van der Waals surface area contributed by atoms with Crippen molar-refractivity contribution in [2.45, 2.75) is 24.3 Å². The van der Waals surface area contributed by atoms with Gasteiger partial charge in [-0.15, -0.1) is 11.8 Å². The average molecular weight is 243 g/mol. The molecule has 1 aromatic carbocycles. The molecule has 1 rings (SSSR count). The topological polar surface area (TPSA) is 32.3 Å². The summed E-state index contributed by atoms with van der Waals surface area (Å²) >= 11 is 1.47. The zero-order chi connectivity index (χ0) is 11.8. The number of halogens is 1. The highest BCUT2D eigenvalue weighted by Gasteiger charge is 2.04. The van der Waals surface area contributed by atoms with Gasteiger partial charge in [0.15, 0.2) is 0 Å². The number of aliphatic hydroxyl groups is 1. The highest BCUT2D eigenvalue weighted by molar-refractivity contribution is 7.99. The minimum Gasteiger partial charge on any atom is -0.391 e. The summed E-state index contributed by atoms with van der Waals surface area (Å²) in [6, 6.07) is 6.43. The zero-order valence-corrected chi connectivity index (χ0v) is 10.3. The minimum absolute atomic E-state index is 0.233. The third-order valence-electron chi connectivity index (χ3n) is 2.05. The number of benzene rings is 1. The SMILES string of the molecule is CCCNCC(O)CSc1cccc(F)c1. The van der Waals surface area contributed by atoms with Crippen molar-refractivity contribution in [3.8, 4) is 0 Å². The van der Waals surface area contributed by atoms with Crippen molar-refractivity contribution < 1.29 is 9.50 Å². The highest BCUT2D eigenvalue weighted by atomic mass is 32.2. The van der Waals surface area contributed by atoms with Crippen LogP contribution in [0.15, 0.2) is 29.2 Å². The van der Waals surface area contributed by atoms with E-state index in [0.717, 1.165) is 17.9 Å². The minimum atomic E-state index is -0.389. The van der Waals surface area contributed by atoms with Crippen LogP contribution >= 0.6 is 11.8 Å². The predicted molar refractivity (Wildman–Crippen MR) is 66.3 cm³/mol. The fraction of sp³-hybridized carbons (Fsp3) is 0.500. The van der Waals surface area contributed by atoms with E-state index in [1.165, 1.54) is 23.9 Å². The number of hydrogen-bond acceptors (Lipinski definition) is 3. The summed E-state index contributed by atoms with van der Waals surface area (Å²) < 4.78 is 12.9. The molecular formula is C12H18FNOS. The van der Waals surface area contributed by atoms with Crippen LogP contribution in [0.2, 0.25) is 0 Å². The van der Waals surface area contributed by atoms with Crippen molar-refractivity contribution in [1.82, 2.24) is 5.32 Å². The van der Waals surface area contributed by atoms with E-state index in [4.69, 9.17) is 0 Å². The fourth-order valence-corrected chi connectivity index (χ4v) is 2.13. The van der Waals surface area contributed by atoms with Crippen molar-refractivity contribution >= 4 is 11.8 Å². The Morgan fingerprint density at radius 3 is 3.00 bits per heavy atom. The van der Waals surface area contributed by atoms with Gasteiger partial charge in [-0.1, -0.05) is 13.0 Å². The Morgan fingerprint density at radius 1 is 1.50 bits per heavy atom. The van der Waals surface area contributed by atoms with Gasteiger partial charge in [0.2, 0.25) is 0 Å². The molecule has 0 bridgehead atoms. The first kappa shape index (κ1) is 13.5. The lowest BCUT2D eigenvalue weighted by Gasteiger charge is -2.10. The van der Waals surface area contributed by atoms with Crippen LogP contribution in [0, 0.1) is 5.82 Å². The number of nitrogens with one attached hydrogen (secondary N) is 1. The second kappa shape index (κ2) is 7.65. The van der Waals surface area contributed by atoms with Crippen molar-refractivity contribution in [2.24, 2.45) is 0 Å². The first-order valence-corrected chi connectivity index (χ1v) is 6.48. The van der Waals surface area contributed by atoms with E-state index in [-0.39, 0.29) is 11.9 Å². The zero-order valence-electron chi connectivity index (χ0n) is 9.45. The van der Waals surface area contributed by atoms with Gasteiger partial charge in [-0.3, -0.25) is 0 Å². The first-order valence-electron chi connectivity index (χ1n) is 5.49. The maximum Gasteiger partial charge on any atom is 0.124 e. The van der Waals surface area contributed by atoms with E-state index in [9.17, 15) is 9.50 Å². The van der Waals surface area contributed by atoms with Crippen LogP contribution in [0.3, 0.4) is 0 Å². The van der Waals surface area contributed by atoms with E-state index in [0.29, 0.717) is 12.3 Å². The number of rotatable bonds is 7. The smallest absolute Gasteiger partial charge is 0.124 e. The third-order valence-corrected chi connectivity index (χ3v) is 3.18. The van der Waals surface area contributed by atoms with E-state index >= 15 is 0 Å². The number of hydrogen-bond donors (Lipinski definition) is 2. The van der Waals surface area contributed by atoms with Crippen LogP contribution in [-0.2, 0) is 0 Å². The summed E-state index contributed by atoms with van der Waals surface area (Å²) in [5, 5.41) is 12.8. The number of thioether (sulfide) groups is 1. The average Bonchev–Trinajstić information content (AvgIpc) is 2.27. The van der Waals surface area contributed by atoms with Gasteiger partial charge in [0.1, 0.15) is 5.82 Å². The Balaban J connectivity index is 2.23. The van der Waals surface area contributed by atoms with Crippen LogP contribution < -0.4 is 5.32 Å². The summed E-state index contributed by atoms with van der Waals surface area (Å²) in [5.74, 6) is 0.351. The molecule has 0 saturated carbocycles. The Hall–Kier alpha value is -0.580. The summed E-state index contributed by atoms with van der Waals surface area (Å²) in [4.78, 5) is 0.856. The molecule has 1 aromatic rings. The molecule has 0 heterocycles. The summed E-state index contributed by atoms with van der Waals surface area (Å²) in [7, 11) is 0. The molecule has 0 saturated heterocycles. The molecule has 1 unspecified atom stereocenters. The molecule has 4 heteroatoms. The summed E-state index contributed by atoms with van der Waals surface area (Å²) in [6.07, 6.45) is 0.670. The van der Waals surface area contributed by atoms with Gasteiger partial charge in [-0.25, -0.2) is 4.39 Å². The predicted octanol–water partition coefficient (Wildman–Crippen LogP) is 2.28. The van der Waals surface area contributed by atoms with Gasteiger partial charge in [0, 0.05) is 17.2 Å². The molecule has 0 aliphatic carbocycles. The summed E-state index contributed by atoms with van der Waals surface area (Å²) in [6.45, 7) is 3.60. The lowest BCUT2D eigenvalue weighted by Crippen LogP contribution is -2.28. The van der Waals surface area contributed by atoms with Gasteiger partial charge < -0.3 is 10.4 Å². The van der Waals surface area contributed by atoms with Gasteiger partial charge >= 0.3 is 0 Å². The first-order chi connectivity index (χ1) is 7.72. The van der Waals surface area contributed by atoms with Crippen molar-refractivity contribution in [3.05, 3.63) is 30.1 Å². The fourth-order valence-electron chi connectivity index (χ4n) is 1.25. The molecule has 2 N–H and O–H groups in total. The third kappa shape index (κ3) is 5.49. The molecule has 0 aromatic heterocycles. The summed E-state index contributed by atoms with van der Waals surface area (Å²) in [5.41, 5.74) is 0. The lowest BCUT2D eigenvalue weighted by atomic mass is 10.3. The Labute approximate surface area is 100 Å². The second-order valence-electron chi connectivity index (χ2n) is 3.63. The van der Waals surface area contributed by atoms with Gasteiger partial charge in [0.05, 0.1) is 6.10 Å². The molecule has 2 nitrogen and oxygen atoms in total. The van der Waals surface area contributed by atoms with Crippen LogP contribution in [0.25, 0.3) is 0 Å². The standard InChI is InChI=1S/C12H18FNOS/c1-2-6-14-8-11(15)9-16-12-5-3-4-10(13)7-12/h3-5,7,11,14-15H,2,6,8-9H2,1H3. The molecule has 0 spiro atoms. The lowest BCUT2D eigenvalue weighted by molar-refractivity contribution is 0.196. The van der Waals surface area contributed by atoms with Crippen molar-refractivity contribution in [3.63, 3.8) is 0 Å². The molecule has 0 aliphatic heterocycles. The highest BCUT2D eigenvalue weighted by Crippen LogP contribution is 2.19. The van der Waals surface area contributed by atoms with E-state index in [2.05, 4.69) is 12.2 Å². The van der Waals surface area contributed by atoms with Crippen LogP contribution in [0.1, 0.15) is 13.3 Å². The van der Waals surface area contributed by atoms with Crippen molar-refractivity contribution in [1.29, 1.82) is 0 Å². The van der Waals surface area contributed by atoms with Crippen LogP contribution in [0.5, 0.6) is 0 Å². The quantitative estimate of drug-likeness (QED) is 0.569. The Morgan fingerprint density at radius 2 is 2.31 bits per heavy atom. The molecule has 0 aliphatic rings. The van der Waals surface area contributed by atoms with Crippen molar-refractivity contribution in [2.75, 3.05) is 18.8 Å². The molecule has 0 fully saturated rings. The van der Waals surface area contributed by atoms with Gasteiger partial charge in [-0.2, -0.15) is 0 Å². The second-order valence-corrected chi connectivity index (χ2v) is 4.72. The van der Waals surface area contributed by atoms with Crippen LogP contribution in [-0.4, -0.2) is 30.1 Å². The van der Waals surface area contributed by atoms with E-state index in [1.807, 2.05) is 6.07 Å². The van der Waals surface area contributed by atoms with Gasteiger partial charge in [0.25, 0.3) is 0 Å². The number of aliphatic hydroxyl groups excluding tert-OH is 1. The maximum atomic E-state index is 12.9. The molecule has 90 valence electrons. The van der Waals surface area contributed by atoms with E-state index < -0.39 is 0 Å². The normalized spacial score (nSPS) is 12.7. The Bertz CT molecular complexity index is 309. The molecule has 0 radical (unpaired) electrons. The van der Waals surface area contributed by atoms with E-state index in [1.54, 1.807) is 6.07 Å². The largest absolute Gasteiger partial charge is 0.391 e. The molecular weight excluding hydrogens is 225 g/mol.